The summed E-state index contributed by atoms with van der Waals surface area (Å²) in [6.07, 6.45) is 2.03. The van der Waals surface area contributed by atoms with Gasteiger partial charge in [-0.05, 0) is 31.1 Å². The molecular formula is C10H20O2. The quantitative estimate of drug-likeness (QED) is 0.630. The molecule has 1 saturated carbocycles. The zero-order valence-corrected chi connectivity index (χ0v) is 8.25. The summed E-state index contributed by atoms with van der Waals surface area (Å²) in [5, 5.41) is 19.6. The second-order valence-electron chi connectivity index (χ2n) is 4.55. The van der Waals surface area contributed by atoms with E-state index in [4.69, 9.17) is 0 Å². The van der Waals surface area contributed by atoms with Crippen LogP contribution in [-0.2, 0) is 0 Å². The van der Waals surface area contributed by atoms with E-state index in [9.17, 15) is 10.2 Å². The molecule has 0 radical (unpaired) electrons. The van der Waals surface area contributed by atoms with Gasteiger partial charge in [0.15, 0.2) is 0 Å². The third-order valence-corrected chi connectivity index (χ3v) is 3.28. The van der Waals surface area contributed by atoms with Gasteiger partial charge in [0.1, 0.15) is 0 Å². The van der Waals surface area contributed by atoms with Gasteiger partial charge in [-0.3, -0.25) is 0 Å². The summed E-state index contributed by atoms with van der Waals surface area (Å²) < 4.78 is 0. The fourth-order valence-corrected chi connectivity index (χ4v) is 2.00. The second kappa shape index (κ2) is 3.35. The first-order valence-corrected chi connectivity index (χ1v) is 4.86. The lowest BCUT2D eigenvalue weighted by Gasteiger charge is -2.41. The van der Waals surface area contributed by atoms with Crippen LogP contribution in [0.1, 0.15) is 40.0 Å². The van der Waals surface area contributed by atoms with Crippen molar-refractivity contribution >= 4 is 0 Å². The smallest absolute Gasteiger partial charge is 0.0675 e. The van der Waals surface area contributed by atoms with Crippen molar-refractivity contribution in [3.8, 4) is 0 Å². The van der Waals surface area contributed by atoms with Crippen molar-refractivity contribution in [3.05, 3.63) is 0 Å². The summed E-state index contributed by atoms with van der Waals surface area (Å²) in [5.74, 6) is 0.540. The summed E-state index contributed by atoms with van der Waals surface area (Å²) in [7, 11) is 0. The van der Waals surface area contributed by atoms with Crippen molar-refractivity contribution < 1.29 is 10.2 Å². The zero-order chi connectivity index (χ0) is 9.35. The summed E-state index contributed by atoms with van der Waals surface area (Å²) in [4.78, 5) is 0. The number of aliphatic hydroxyl groups is 2. The standard InChI is InChI=1S/C10H20O2/c1-7(2)10(12)5-4-9(11)8(3)6-10/h7-9,11-12H,4-6H2,1-3H3/t8-,9-,10+/m0/s1. The van der Waals surface area contributed by atoms with Crippen molar-refractivity contribution in [2.24, 2.45) is 11.8 Å². The SMILES string of the molecule is CC(C)[C@@]1(O)CC[C@H](O)[C@@H](C)C1. The lowest BCUT2D eigenvalue weighted by molar-refractivity contribution is -0.0866. The van der Waals surface area contributed by atoms with Crippen LogP contribution in [-0.4, -0.2) is 21.9 Å². The predicted molar refractivity (Wildman–Crippen MR) is 48.8 cm³/mol. The maximum absolute atomic E-state index is 10.1. The van der Waals surface area contributed by atoms with Gasteiger partial charge in [-0.15, -0.1) is 0 Å². The second-order valence-corrected chi connectivity index (χ2v) is 4.55. The molecule has 0 heterocycles. The average molecular weight is 172 g/mol. The Morgan fingerprint density at radius 1 is 1.42 bits per heavy atom. The van der Waals surface area contributed by atoms with Gasteiger partial charge in [0, 0.05) is 0 Å². The van der Waals surface area contributed by atoms with Crippen LogP contribution in [0.3, 0.4) is 0 Å². The van der Waals surface area contributed by atoms with E-state index in [2.05, 4.69) is 0 Å². The molecule has 2 nitrogen and oxygen atoms in total. The molecule has 1 aliphatic carbocycles. The van der Waals surface area contributed by atoms with E-state index in [1.165, 1.54) is 0 Å². The molecule has 0 aliphatic heterocycles. The van der Waals surface area contributed by atoms with Crippen molar-refractivity contribution in [1.29, 1.82) is 0 Å². The van der Waals surface area contributed by atoms with Crippen LogP contribution in [0.15, 0.2) is 0 Å². The van der Waals surface area contributed by atoms with Crippen LogP contribution in [0.2, 0.25) is 0 Å². The molecule has 0 aromatic rings. The molecule has 12 heavy (non-hydrogen) atoms. The van der Waals surface area contributed by atoms with Gasteiger partial charge in [0.25, 0.3) is 0 Å². The highest BCUT2D eigenvalue weighted by atomic mass is 16.3. The van der Waals surface area contributed by atoms with E-state index in [0.29, 0.717) is 5.92 Å². The van der Waals surface area contributed by atoms with Crippen molar-refractivity contribution in [2.75, 3.05) is 0 Å². The minimum Gasteiger partial charge on any atom is -0.393 e. The molecule has 0 unspecified atom stereocenters. The molecular weight excluding hydrogens is 152 g/mol. The molecule has 0 spiro atoms. The topological polar surface area (TPSA) is 40.5 Å². The monoisotopic (exact) mass is 172 g/mol. The van der Waals surface area contributed by atoms with Crippen molar-refractivity contribution in [1.82, 2.24) is 0 Å². The Balaban J connectivity index is 2.60. The highest BCUT2D eigenvalue weighted by molar-refractivity contribution is 4.90. The zero-order valence-electron chi connectivity index (χ0n) is 8.25. The Hall–Kier alpha value is -0.0800. The Morgan fingerprint density at radius 3 is 2.42 bits per heavy atom. The lowest BCUT2D eigenvalue weighted by Crippen LogP contribution is -2.44. The van der Waals surface area contributed by atoms with E-state index in [1.807, 2.05) is 20.8 Å². The van der Waals surface area contributed by atoms with E-state index >= 15 is 0 Å². The van der Waals surface area contributed by atoms with Gasteiger partial charge in [-0.25, -0.2) is 0 Å². The van der Waals surface area contributed by atoms with Gasteiger partial charge in [0.05, 0.1) is 11.7 Å². The van der Waals surface area contributed by atoms with Crippen LogP contribution in [0.5, 0.6) is 0 Å². The fourth-order valence-electron chi connectivity index (χ4n) is 2.00. The molecule has 2 N–H and O–H groups in total. The molecule has 0 aromatic heterocycles. The molecule has 0 amide bonds. The maximum atomic E-state index is 10.1. The van der Waals surface area contributed by atoms with Crippen molar-refractivity contribution in [3.63, 3.8) is 0 Å². The average Bonchev–Trinajstić information content (AvgIpc) is 1.97. The molecule has 1 fully saturated rings. The minimum atomic E-state index is -0.529. The number of aliphatic hydroxyl groups excluding tert-OH is 1. The molecule has 2 heteroatoms. The highest BCUT2D eigenvalue weighted by Gasteiger charge is 2.38. The van der Waals surface area contributed by atoms with Gasteiger partial charge >= 0.3 is 0 Å². The van der Waals surface area contributed by atoms with E-state index in [-0.39, 0.29) is 12.0 Å². The third-order valence-electron chi connectivity index (χ3n) is 3.28. The first-order chi connectivity index (χ1) is 5.46. The van der Waals surface area contributed by atoms with Crippen LogP contribution >= 0.6 is 0 Å². The van der Waals surface area contributed by atoms with Gasteiger partial charge in [-0.1, -0.05) is 20.8 Å². The van der Waals surface area contributed by atoms with E-state index < -0.39 is 5.60 Å². The van der Waals surface area contributed by atoms with E-state index in [0.717, 1.165) is 19.3 Å². The molecule has 0 bridgehead atoms. The summed E-state index contributed by atoms with van der Waals surface area (Å²) in [6, 6.07) is 0. The highest BCUT2D eigenvalue weighted by Crippen LogP contribution is 2.37. The summed E-state index contributed by atoms with van der Waals surface area (Å²) >= 11 is 0. The molecule has 0 aromatic carbocycles. The minimum absolute atomic E-state index is 0.205. The molecule has 72 valence electrons. The maximum Gasteiger partial charge on any atom is 0.0675 e. The normalized spacial score (nSPS) is 43.5. The third kappa shape index (κ3) is 1.80. The molecule has 1 rings (SSSR count). The number of hydrogen-bond donors (Lipinski definition) is 2. The molecule has 3 atom stereocenters. The summed E-state index contributed by atoms with van der Waals surface area (Å²) in [5.41, 5.74) is -0.529. The first-order valence-electron chi connectivity index (χ1n) is 4.86. The Bertz CT molecular complexity index is 156. The molecule has 1 aliphatic rings. The van der Waals surface area contributed by atoms with Gasteiger partial charge in [0.2, 0.25) is 0 Å². The van der Waals surface area contributed by atoms with Crippen molar-refractivity contribution in [2.45, 2.75) is 51.7 Å². The Kier molecular flexibility index (Phi) is 2.79. The van der Waals surface area contributed by atoms with Crippen LogP contribution in [0.25, 0.3) is 0 Å². The Labute approximate surface area is 74.6 Å². The first kappa shape index (κ1) is 10.0. The van der Waals surface area contributed by atoms with Gasteiger partial charge in [-0.2, -0.15) is 0 Å². The van der Waals surface area contributed by atoms with Gasteiger partial charge < -0.3 is 10.2 Å². The van der Waals surface area contributed by atoms with Crippen LogP contribution in [0.4, 0.5) is 0 Å². The van der Waals surface area contributed by atoms with Crippen LogP contribution < -0.4 is 0 Å². The number of hydrogen-bond acceptors (Lipinski definition) is 2. The van der Waals surface area contributed by atoms with E-state index in [1.54, 1.807) is 0 Å². The fraction of sp³-hybridized carbons (Fsp3) is 1.00. The summed E-state index contributed by atoms with van der Waals surface area (Å²) in [6.45, 7) is 6.10. The van der Waals surface area contributed by atoms with Crippen LogP contribution in [0, 0.1) is 11.8 Å². The number of rotatable bonds is 1. The predicted octanol–water partition coefficient (Wildman–Crippen LogP) is 1.55. The Morgan fingerprint density at radius 2 is 2.00 bits per heavy atom. The lowest BCUT2D eigenvalue weighted by atomic mass is 9.72. The molecule has 0 saturated heterocycles. The largest absolute Gasteiger partial charge is 0.393 e.